The summed E-state index contributed by atoms with van der Waals surface area (Å²) in [5, 5.41) is 3.10. The number of rotatable bonds is 5. The molecule has 2 aromatic carbocycles. The maximum absolute atomic E-state index is 13.5. The Morgan fingerprint density at radius 1 is 1.31 bits per heavy atom. The van der Waals surface area contributed by atoms with Crippen molar-refractivity contribution >= 4 is 28.3 Å². The molecule has 1 amide bonds. The predicted molar refractivity (Wildman–Crippen MR) is 106 cm³/mol. The zero-order valence-electron chi connectivity index (χ0n) is 15.5. The van der Waals surface area contributed by atoms with Gasteiger partial charge in [-0.1, -0.05) is 12.1 Å². The predicted octanol–water partition coefficient (Wildman–Crippen LogP) is 3.60. The Kier molecular flexibility index (Phi) is 5.26. The lowest BCUT2D eigenvalue weighted by atomic mass is 9.98. The van der Waals surface area contributed by atoms with Gasteiger partial charge in [-0.15, -0.1) is 11.3 Å². The second-order valence-corrected chi connectivity index (χ2v) is 7.66. The number of amides is 1. The Balaban J connectivity index is 1.41. The second-order valence-electron chi connectivity index (χ2n) is 6.55. The number of fused-ring (bicyclic) bond motifs is 1. The first-order valence-electron chi connectivity index (χ1n) is 8.90. The van der Waals surface area contributed by atoms with Gasteiger partial charge in [0.1, 0.15) is 11.6 Å². The standard InChI is InChI=1S/C21H17FN2O4S/c1-27-15-5-2-12(3-6-15)8-16-11-23-21(29-16)24-19(25)18-10-13-9-14(22)4-7-17(13)20(26)28-18/h2-7,9,11,18H,8,10H2,1H3,(H,23,24,25). The number of hydrogen-bond acceptors (Lipinski definition) is 6. The molecule has 1 unspecified atom stereocenters. The van der Waals surface area contributed by atoms with Crippen molar-refractivity contribution in [3.05, 3.63) is 76.0 Å². The lowest BCUT2D eigenvalue weighted by Gasteiger charge is -2.23. The number of carbonyl (C=O) groups excluding carboxylic acids is 2. The van der Waals surface area contributed by atoms with Gasteiger partial charge in [0.25, 0.3) is 5.91 Å². The van der Waals surface area contributed by atoms with E-state index in [-0.39, 0.29) is 12.0 Å². The lowest BCUT2D eigenvalue weighted by molar-refractivity contribution is -0.125. The average Bonchev–Trinajstić information content (AvgIpc) is 3.14. The van der Waals surface area contributed by atoms with Gasteiger partial charge in [0.05, 0.1) is 12.7 Å². The number of aromatic nitrogens is 1. The van der Waals surface area contributed by atoms with Gasteiger partial charge in [0, 0.05) is 23.9 Å². The Bertz CT molecular complexity index is 1060. The van der Waals surface area contributed by atoms with E-state index in [1.165, 1.54) is 29.5 Å². The van der Waals surface area contributed by atoms with Crippen molar-refractivity contribution in [2.75, 3.05) is 12.4 Å². The molecule has 3 aromatic rings. The number of anilines is 1. The summed E-state index contributed by atoms with van der Waals surface area (Å²) in [6.45, 7) is 0. The summed E-state index contributed by atoms with van der Waals surface area (Å²) in [6.07, 6.45) is 1.46. The molecule has 0 fully saturated rings. The summed E-state index contributed by atoms with van der Waals surface area (Å²) >= 11 is 1.34. The number of benzene rings is 2. The third-order valence-electron chi connectivity index (χ3n) is 4.56. The van der Waals surface area contributed by atoms with E-state index >= 15 is 0 Å². The van der Waals surface area contributed by atoms with Crippen molar-refractivity contribution in [1.82, 2.24) is 4.98 Å². The molecule has 8 heteroatoms. The number of nitrogens with one attached hydrogen (secondary N) is 1. The fourth-order valence-electron chi connectivity index (χ4n) is 3.09. The van der Waals surface area contributed by atoms with E-state index in [1.54, 1.807) is 13.3 Å². The van der Waals surface area contributed by atoms with Gasteiger partial charge in [-0.2, -0.15) is 0 Å². The van der Waals surface area contributed by atoms with E-state index in [1.807, 2.05) is 24.3 Å². The van der Waals surface area contributed by atoms with Crippen LogP contribution in [0.3, 0.4) is 0 Å². The van der Waals surface area contributed by atoms with E-state index in [0.717, 1.165) is 16.2 Å². The molecule has 4 rings (SSSR count). The summed E-state index contributed by atoms with van der Waals surface area (Å²) in [5.41, 5.74) is 1.83. The molecule has 1 N–H and O–H groups in total. The van der Waals surface area contributed by atoms with Gasteiger partial charge in [0.2, 0.25) is 0 Å². The summed E-state index contributed by atoms with van der Waals surface area (Å²) in [7, 11) is 1.62. The Morgan fingerprint density at radius 3 is 2.86 bits per heavy atom. The highest BCUT2D eigenvalue weighted by molar-refractivity contribution is 7.15. The molecule has 2 heterocycles. The number of carbonyl (C=O) groups is 2. The maximum Gasteiger partial charge on any atom is 0.339 e. The monoisotopic (exact) mass is 412 g/mol. The quantitative estimate of drug-likeness (QED) is 0.648. The van der Waals surface area contributed by atoms with Crippen LogP contribution >= 0.6 is 11.3 Å². The molecule has 0 bridgehead atoms. The van der Waals surface area contributed by atoms with Crippen molar-refractivity contribution in [1.29, 1.82) is 0 Å². The van der Waals surface area contributed by atoms with Crippen LogP contribution in [0.15, 0.2) is 48.7 Å². The average molecular weight is 412 g/mol. The minimum atomic E-state index is -1.02. The smallest absolute Gasteiger partial charge is 0.339 e. The molecular formula is C21H17FN2O4S. The first kappa shape index (κ1) is 19.1. The second kappa shape index (κ2) is 8.00. The van der Waals surface area contributed by atoms with Gasteiger partial charge in [-0.3, -0.25) is 10.1 Å². The summed E-state index contributed by atoms with van der Waals surface area (Å²) in [6, 6.07) is 11.5. The summed E-state index contributed by atoms with van der Waals surface area (Å²) in [5.74, 6) is -0.792. The molecule has 0 aliphatic carbocycles. The topological polar surface area (TPSA) is 77.5 Å². The molecular weight excluding hydrogens is 395 g/mol. The fraction of sp³-hybridized carbons (Fsp3) is 0.190. The largest absolute Gasteiger partial charge is 0.497 e. The highest BCUT2D eigenvalue weighted by Gasteiger charge is 2.32. The van der Waals surface area contributed by atoms with E-state index in [2.05, 4.69) is 10.3 Å². The SMILES string of the molecule is COc1ccc(Cc2cnc(NC(=O)C3Cc4cc(F)ccc4C(=O)O3)s2)cc1. The van der Waals surface area contributed by atoms with Crippen molar-refractivity contribution in [2.45, 2.75) is 18.9 Å². The maximum atomic E-state index is 13.5. The summed E-state index contributed by atoms with van der Waals surface area (Å²) < 4.78 is 23.8. The van der Waals surface area contributed by atoms with Gasteiger partial charge in [0.15, 0.2) is 11.2 Å². The Hall–Kier alpha value is -3.26. The molecule has 1 aliphatic rings. The van der Waals surface area contributed by atoms with E-state index in [9.17, 15) is 14.0 Å². The molecule has 1 aromatic heterocycles. The number of ether oxygens (including phenoxy) is 2. The fourth-order valence-corrected chi connectivity index (χ4v) is 3.94. The minimum absolute atomic E-state index is 0.120. The third-order valence-corrected chi connectivity index (χ3v) is 5.47. The first-order valence-corrected chi connectivity index (χ1v) is 9.71. The van der Waals surface area contributed by atoms with Crippen molar-refractivity contribution in [2.24, 2.45) is 0 Å². The number of halogens is 1. The molecule has 0 saturated heterocycles. The van der Waals surface area contributed by atoms with Crippen LogP contribution in [-0.4, -0.2) is 30.1 Å². The number of nitrogens with zero attached hydrogens (tertiary/aromatic N) is 1. The number of hydrogen-bond donors (Lipinski definition) is 1. The van der Waals surface area contributed by atoms with E-state index < -0.39 is 23.8 Å². The zero-order valence-corrected chi connectivity index (χ0v) is 16.3. The molecule has 29 heavy (non-hydrogen) atoms. The zero-order chi connectivity index (χ0) is 20.4. The lowest BCUT2D eigenvalue weighted by Crippen LogP contribution is -2.38. The van der Waals surface area contributed by atoms with Crippen LogP contribution in [0, 0.1) is 5.82 Å². The van der Waals surface area contributed by atoms with Gasteiger partial charge in [-0.05, 0) is 41.5 Å². The van der Waals surface area contributed by atoms with Gasteiger partial charge in [-0.25, -0.2) is 14.2 Å². The molecule has 1 atom stereocenters. The van der Waals surface area contributed by atoms with Crippen molar-refractivity contribution in [3.8, 4) is 5.75 Å². The van der Waals surface area contributed by atoms with Crippen molar-refractivity contribution < 1.29 is 23.5 Å². The van der Waals surface area contributed by atoms with Crippen LogP contribution in [0.1, 0.15) is 26.4 Å². The molecule has 6 nitrogen and oxygen atoms in total. The minimum Gasteiger partial charge on any atom is -0.497 e. The molecule has 0 spiro atoms. The first-order chi connectivity index (χ1) is 14.0. The van der Waals surface area contributed by atoms with Gasteiger partial charge < -0.3 is 9.47 Å². The van der Waals surface area contributed by atoms with Gasteiger partial charge >= 0.3 is 5.97 Å². The Labute approximate surface area is 170 Å². The normalized spacial score (nSPS) is 15.4. The number of thiazole rings is 1. The highest BCUT2D eigenvalue weighted by atomic mass is 32.1. The molecule has 1 aliphatic heterocycles. The third kappa shape index (κ3) is 4.27. The highest BCUT2D eigenvalue weighted by Crippen LogP contribution is 2.25. The van der Waals surface area contributed by atoms with Crippen LogP contribution < -0.4 is 10.1 Å². The number of cyclic esters (lactones) is 1. The van der Waals surface area contributed by atoms with Crippen LogP contribution in [0.4, 0.5) is 9.52 Å². The van der Waals surface area contributed by atoms with Crippen LogP contribution in [-0.2, 0) is 22.4 Å². The number of methoxy groups -OCH3 is 1. The van der Waals surface area contributed by atoms with Crippen LogP contribution in [0.25, 0.3) is 0 Å². The van der Waals surface area contributed by atoms with Crippen LogP contribution in [0.2, 0.25) is 0 Å². The van der Waals surface area contributed by atoms with Crippen LogP contribution in [0.5, 0.6) is 5.75 Å². The number of esters is 1. The molecule has 0 radical (unpaired) electrons. The summed E-state index contributed by atoms with van der Waals surface area (Å²) in [4.78, 5) is 29.8. The molecule has 148 valence electrons. The Morgan fingerprint density at radius 2 is 2.10 bits per heavy atom. The van der Waals surface area contributed by atoms with E-state index in [0.29, 0.717) is 17.1 Å². The molecule has 0 saturated carbocycles. The van der Waals surface area contributed by atoms with Crippen molar-refractivity contribution in [3.63, 3.8) is 0 Å². The van der Waals surface area contributed by atoms with E-state index in [4.69, 9.17) is 9.47 Å².